The fraction of sp³-hybridized carbons (Fsp3) is 0.167. The van der Waals surface area contributed by atoms with E-state index in [-0.39, 0.29) is 12.3 Å². The molecule has 1 N–H and O–H groups in total. The first-order valence-electron chi connectivity index (χ1n) is 7.92. The van der Waals surface area contributed by atoms with Crippen molar-refractivity contribution in [2.24, 2.45) is 7.05 Å². The normalized spacial score (nSPS) is 10.5. The average Bonchev–Trinajstić information content (AvgIpc) is 2.91. The molecule has 1 aromatic carbocycles. The van der Waals surface area contributed by atoms with Crippen LogP contribution in [0.25, 0.3) is 11.5 Å². The molecule has 0 saturated heterocycles. The zero-order chi connectivity index (χ0) is 18.7. The third kappa shape index (κ3) is 3.59. The molecule has 0 bridgehead atoms. The summed E-state index contributed by atoms with van der Waals surface area (Å²) in [7, 11) is 1.58. The van der Waals surface area contributed by atoms with E-state index < -0.39 is 11.6 Å². The maximum absolute atomic E-state index is 12.3. The number of carbonyl (C=O) groups is 2. The zero-order valence-corrected chi connectivity index (χ0v) is 14.3. The van der Waals surface area contributed by atoms with E-state index in [4.69, 9.17) is 0 Å². The maximum atomic E-state index is 12.3. The van der Waals surface area contributed by atoms with Crippen molar-refractivity contribution in [3.63, 3.8) is 0 Å². The fourth-order valence-corrected chi connectivity index (χ4v) is 2.43. The quantitative estimate of drug-likeness (QED) is 0.702. The van der Waals surface area contributed by atoms with Gasteiger partial charge in [-0.05, 0) is 43.3 Å². The average molecular weight is 351 g/mol. The van der Waals surface area contributed by atoms with Gasteiger partial charge in [-0.3, -0.25) is 19.1 Å². The molecule has 0 fully saturated rings. The largest absolute Gasteiger partial charge is 0.346 e. The topological polar surface area (TPSA) is 98.9 Å². The molecule has 8 nitrogen and oxygen atoms in total. The van der Waals surface area contributed by atoms with E-state index in [9.17, 15) is 14.4 Å². The van der Waals surface area contributed by atoms with Gasteiger partial charge in [-0.25, -0.2) is 9.48 Å². The number of nitrogens with zero attached hydrogens (tertiary/aromatic N) is 4. The minimum atomic E-state index is -0.410. The molecule has 0 spiro atoms. The molecule has 3 aromatic rings. The molecule has 2 aromatic heterocycles. The lowest BCUT2D eigenvalue weighted by Gasteiger charge is -2.05. The fourth-order valence-electron chi connectivity index (χ4n) is 2.43. The van der Waals surface area contributed by atoms with Gasteiger partial charge in [-0.1, -0.05) is 6.07 Å². The van der Waals surface area contributed by atoms with E-state index in [1.54, 1.807) is 55.7 Å². The third-order valence-corrected chi connectivity index (χ3v) is 3.80. The van der Waals surface area contributed by atoms with Gasteiger partial charge in [0.15, 0.2) is 11.6 Å². The molecule has 26 heavy (non-hydrogen) atoms. The van der Waals surface area contributed by atoms with Gasteiger partial charge < -0.3 is 5.32 Å². The summed E-state index contributed by atoms with van der Waals surface area (Å²) in [6.45, 7) is 1.24. The Balaban J connectivity index is 1.75. The number of hydrogen-bond acceptors (Lipinski definition) is 5. The molecule has 0 aliphatic rings. The zero-order valence-electron chi connectivity index (χ0n) is 14.3. The van der Waals surface area contributed by atoms with Crippen molar-refractivity contribution in [1.82, 2.24) is 19.3 Å². The second-order valence-corrected chi connectivity index (χ2v) is 5.72. The van der Waals surface area contributed by atoms with Crippen LogP contribution in [0.3, 0.4) is 0 Å². The Morgan fingerprint density at radius 1 is 1.12 bits per heavy atom. The highest BCUT2D eigenvalue weighted by Gasteiger charge is 2.15. The molecule has 2 heterocycles. The number of nitrogens with one attached hydrogen (secondary N) is 1. The number of benzene rings is 1. The lowest BCUT2D eigenvalue weighted by molar-refractivity contribution is -0.117. The molecule has 0 aliphatic heterocycles. The molecular formula is C18H17N5O3. The number of ketones is 1. The van der Waals surface area contributed by atoms with Crippen molar-refractivity contribution >= 4 is 17.4 Å². The maximum Gasteiger partial charge on any atom is 0.346 e. The van der Waals surface area contributed by atoms with Gasteiger partial charge in [-0.15, -0.1) is 5.10 Å². The number of anilines is 1. The molecule has 3 rings (SSSR count). The van der Waals surface area contributed by atoms with Crippen LogP contribution < -0.4 is 11.0 Å². The lowest BCUT2D eigenvalue weighted by atomic mass is 10.1. The Morgan fingerprint density at radius 3 is 2.46 bits per heavy atom. The Hall–Kier alpha value is -3.55. The van der Waals surface area contributed by atoms with Crippen LogP contribution in [-0.2, 0) is 18.4 Å². The Kier molecular flexibility index (Phi) is 4.74. The first-order chi connectivity index (χ1) is 12.5. The van der Waals surface area contributed by atoms with E-state index in [0.29, 0.717) is 22.8 Å². The number of hydrogen-bond donors (Lipinski definition) is 1. The second-order valence-electron chi connectivity index (χ2n) is 5.72. The van der Waals surface area contributed by atoms with Crippen molar-refractivity contribution in [2.75, 3.05) is 5.32 Å². The number of amides is 1. The summed E-state index contributed by atoms with van der Waals surface area (Å²) in [6, 6.07) is 11.8. The predicted octanol–water partition coefficient (Wildman–Crippen LogP) is 1.49. The SMILES string of the molecule is CC(=O)c1ccc(NC(=O)Cn2nc(-c3ccccn3)n(C)c2=O)cc1. The summed E-state index contributed by atoms with van der Waals surface area (Å²) in [5.41, 5.74) is 1.23. The van der Waals surface area contributed by atoms with Crippen LogP contribution >= 0.6 is 0 Å². The van der Waals surface area contributed by atoms with Crippen LogP contribution in [-0.4, -0.2) is 31.0 Å². The van der Waals surface area contributed by atoms with Gasteiger partial charge >= 0.3 is 5.69 Å². The van der Waals surface area contributed by atoms with Gasteiger partial charge in [-0.2, -0.15) is 0 Å². The summed E-state index contributed by atoms with van der Waals surface area (Å²) in [5.74, 6) is -0.0625. The molecule has 0 aliphatic carbocycles. The first-order valence-corrected chi connectivity index (χ1v) is 7.92. The van der Waals surface area contributed by atoms with E-state index in [1.165, 1.54) is 11.5 Å². The van der Waals surface area contributed by atoms with Crippen LogP contribution in [0.1, 0.15) is 17.3 Å². The van der Waals surface area contributed by atoms with Crippen LogP contribution in [0.15, 0.2) is 53.5 Å². The van der Waals surface area contributed by atoms with Gasteiger partial charge in [0, 0.05) is 24.5 Å². The minimum Gasteiger partial charge on any atom is -0.324 e. The molecule has 8 heteroatoms. The Morgan fingerprint density at radius 2 is 1.85 bits per heavy atom. The van der Waals surface area contributed by atoms with E-state index >= 15 is 0 Å². The lowest BCUT2D eigenvalue weighted by Crippen LogP contribution is -2.29. The highest BCUT2D eigenvalue weighted by molar-refractivity contribution is 5.95. The van der Waals surface area contributed by atoms with E-state index in [1.807, 2.05) is 0 Å². The van der Waals surface area contributed by atoms with Crippen molar-refractivity contribution in [2.45, 2.75) is 13.5 Å². The molecule has 132 valence electrons. The van der Waals surface area contributed by atoms with Crippen molar-refractivity contribution < 1.29 is 9.59 Å². The summed E-state index contributed by atoms with van der Waals surface area (Å²) in [6.07, 6.45) is 1.61. The summed E-state index contributed by atoms with van der Waals surface area (Å²) < 4.78 is 2.43. The number of aromatic nitrogens is 4. The van der Waals surface area contributed by atoms with E-state index in [0.717, 1.165) is 4.68 Å². The van der Waals surface area contributed by atoms with Crippen molar-refractivity contribution in [1.29, 1.82) is 0 Å². The summed E-state index contributed by atoms with van der Waals surface area (Å²) in [4.78, 5) is 39.9. The summed E-state index contributed by atoms with van der Waals surface area (Å²) in [5, 5.41) is 6.88. The molecule has 0 saturated carbocycles. The second kappa shape index (κ2) is 7.14. The predicted molar refractivity (Wildman–Crippen MR) is 95.8 cm³/mol. The molecule has 0 unspecified atom stereocenters. The van der Waals surface area contributed by atoms with Crippen LogP contribution in [0.5, 0.6) is 0 Å². The molecule has 1 amide bonds. The van der Waals surface area contributed by atoms with Gasteiger partial charge in [0.2, 0.25) is 5.91 Å². The Bertz CT molecular complexity index is 1000. The van der Waals surface area contributed by atoms with Gasteiger partial charge in [0.05, 0.1) is 0 Å². The number of rotatable bonds is 5. The highest BCUT2D eigenvalue weighted by atomic mass is 16.2. The monoisotopic (exact) mass is 351 g/mol. The van der Waals surface area contributed by atoms with E-state index in [2.05, 4.69) is 15.4 Å². The van der Waals surface area contributed by atoms with Crippen molar-refractivity contribution in [3.05, 3.63) is 64.7 Å². The Labute approximate surface area is 149 Å². The number of pyridine rings is 1. The van der Waals surface area contributed by atoms with Crippen LogP contribution in [0, 0.1) is 0 Å². The smallest absolute Gasteiger partial charge is 0.324 e. The molecule has 0 radical (unpaired) electrons. The van der Waals surface area contributed by atoms with Crippen molar-refractivity contribution in [3.8, 4) is 11.5 Å². The first kappa shape index (κ1) is 17.3. The minimum absolute atomic E-state index is 0.0510. The number of Topliss-reactive ketones (excluding diaryl/α,β-unsaturated/α-hetero) is 1. The van der Waals surface area contributed by atoms with Gasteiger partial charge in [0.1, 0.15) is 12.2 Å². The highest BCUT2D eigenvalue weighted by Crippen LogP contribution is 2.12. The molecule has 0 atom stereocenters. The summed E-state index contributed by atoms with van der Waals surface area (Å²) >= 11 is 0. The van der Waals surface area contributed by atoms with Gasteiger partial charge in [0.25, 0.3) is 0 Å². The standard InChI is InChI=1S/C18H17N5O3/c1-12(24)13-6-8-14(9-7-13)20-16(25)11-23-18(26)22(2)17(21-23)15-5-3-4-10-19-15/h3-10H,11H2,1-2H3,(H,20,25). The van der Waals surface area contributed by atoms with Crippen LogP contribution in [0.2, 0.25) is 0 Å². The molecular weight excluding hydrogens is 334 g/mol. The third-order valence-electron chi connectivity index (χ3n) is 3.80. The van der Waals surface area contributed by atoms with Crippen LogP contribution in [0.4, 0.5) is 5.69 Å². The number of carbonyl (C=O) groups excluding carboxylic acids is 2.